The Morgan fingerprint density at radius 2 is 1.88 bits per heavy atom. The summed E-state index contributed by atoms with van der Waals surface area (Å²) < 4.78 is 0. The molecule has 1 nitrogen and oxygen atoms in total. The average Bonchev–Trinajstić information content (AvgIpc) is 2.39. The van der Waals surface area contributed by atoms with Crippen molar-refractivity contribution in [2.45, 2.75) is 25.2 Å². The van der Waals surface area contributed by atoms with E-state index in [1.165, 1.54) is 37.9 Å². The summed E-state index contributed by atoms with van der Waals surface area (Å²) in [4.78, 5) is 2.45. The van der Waals surface area contributed by atoms with E-state index in [-0.39, 0.29) is 0 Å². The molecular formula is C16H21N. The van der Waals surface area contributed by atoms with Gasteiger partial charge < -0.3 is 4.90 Å². The van der Waals surface area contributed by atoms with Crippen molar-refractivity contribution in [3.8, 4) is 0 Å². The van der Waals surface area contributed by atoms with Crippen molar-refractivity contribution in [2.75, 3.05) is 20.1 Å². The van der Waals surface area contributed by atoms with Gasteiger partial charge in [-0.25, -0.2) is 0 Å². The lowest BCUT2D eigenvalue weighted by atomic mass is 9.76. The molecule has 0 aromatic heterocycles. The second-order valence-corrected chi connectivity index (χ2v) is 5.56. The lowest BCUT2D eigenvalue weighted by molar-refractivity contribution is 0.259. The van der Waals surface area contributed by atoms with Crippen molar-refractivity contribution in [1.29, 1.82) is 0 Å². The minimum atomic E-state index is 0.661. The van der Waals surface area contributed by atoms with E-state index in [0.29, 0.717) is 5.92 Å². The monoisotopic (exact) mass is 227 g/mol. The predicted molar refractivity (Wildman–Crippen MR) is 72.1 cm³/mol. The van der Waals surface area contributed by atoms with Crippen LogP contribution in [0.5, 0.6) is 0 Å². The van der Waals surface area contributed by atoms with Gasteiger partial charge in [-0.3, -0.25) is 0 Å². The standard InChI is InChI=1S/C16H21N/c1-17-10-9-14-7-8-15(11-16(14)12-17)13-5-3-2-4-6-13/h2-6,11,14-15H,7-10,12H2,1H3. The number of likely N-dealkylation sites (N-methyl/N-ethyl adjacent to an activating group) is 1. The number of benzene rings is 1. The van der Waals surface area contributed by atoms with Gasteiger partial charge in [-0.2, -0.15) is 0 Å². The smallest absolute Gasteiger partial charge is 0.0192 e. The SMILES string of the molecule is CN1CCC2CCC(c3ccccc3)C=C2C1. The van der Waals surface area contributed by atoms with Crippen LogP contribution < -0.4 is 0 Å². The molecule has 1 heteroatoms. The molecule has 2 atom stereocenters. The van der Waals surface area contributed by atoms with E-state index in [2.05, 4.69) is 48.4 Å². The number of fused-ring (bicyclic) bond motifs is 1. The van der Waals surface area contributed by atoms with Gasteiger partial charge in [0.15, 0.2) is 0 Å². The fourth-order valence-electron chi connectivity index (χ4n) is 3.29. The molecule has 3 rings (SSSR count). The average molecular weight is 227 g/mol. The number of hydrogen-bond acceptors (Lipinski definition) is 1. The number of piperidine rings is 1. The summed E-state index contributed by atoms with van der Waals surface area (Å²) >= 11 is 0. The highest BCUT2D eigenvalue weighted by Crippen LogP contribution is 2.38. The van der Waals surface area contributed by atoms with Crippen LogP contribution in [0.2, 0.25) is 0 Å². The highest BCUT2D eigenvalue weighted by atomic mass is 15.1. The van der Waals surface area contributed by atoms with Crippen molar-refractivity contribution in [3.05, 3.63) is 47.5 Å². The zero-order valence-corrected chi connectivity index (χ0v) is 10.6. The van der Waals surface area contributed by atoms with Gasteiger partial charge in [0.2, 0.25) is 0 Å². The number of nitrogens with zero attached hydrogens (tertiary/aromatic N) is 1. The van der Waals surface area contributed by atoms with E-state index >= 15 is 0 Å². The van der Waals surface area contributed by atoms with Gasteiger partial charge in [0.05, 0.1) is 0 Å². The molecule has 0 amide bonds. The maximum absolute atomic E-state index is 2.55. The zero-order chi connectivity index (χ0) is 11.7. The van der Waals surface area contributed by atoms with Crippen molar-refractivity contribution in [1.82, 2.24) is 4.90 Å². The molecule has 0 saturated carbocycles. The van der Waals surface area contributed by atoms with Gasteiger partial charge in [-0.1, -0.05) is 42.0 Å². The molecule has 1 aromatic rings. The predicted octanol–water partition coefficient (Wildman–Crippen LogP) is 3.44. The Kier molecular flexibility index (Phi) is 3.02. The van der Waals surface area contributed by atoms with Crippen molar-refractivity contribution in [2.24, 2.45) is 5.92 Å². The van der Waals surface area contributed by atoms with Gasteiger partial charge in [0, 0.05) is 12.5 Å². The first-order valence-corrected chi connectivity index (χ1v) is 6.77. The van der Waals surface area contributed by atoms with E-state index in [1.807, 2.05) is 0 Å². The Balaban J connectivity index is 1.83. The van der Waals surface area contributed by atoms with Crippen LogP contribution >= 0.6 is 0 Å². The van der Waals surface area contributed by atoms with Crippen molar-refractivity contribution in [3.63, 3.8) is 0 Å². The third-order valence-electron chi connectivity index (χ3n) is 4.31. The molecule has 1 fully saturated rings. The van der Waals surface area contributed by atoms with Crippen molar-refractivity contribution >= 4 is 0 Å². The van der Waals surface area contributed by atoms with Crippen molar-refractivity contribution < 1.29 is 0 Å². The Hall–Kier alpha value is -1.08. The second-order valence-electron chi connectivity index (χ2n) is 5.56. The molecule has 2 unspecified atom stereocenters. The van der Waals surface area contributed by atoms with E-state index in [1.54, 1.807) is 5.57 Å². The van der Waals surface area contributed by atoms with Gasteiger partial charge in [-0.15, -0.1) is 0 Å². The summed E-state index contributed by atoms with van der Waals surface area (Å²) in [6.07, 6.45) is 6.64. The van der Waals surface area contributed by atoms with Crippen LogP contribution in [-0.4, -0.2) is 25.0 Å². The van der Waals surface area contributed by atoms with Crippen LogP contribution in [0.4, 0.5) is 0 Å². The second kappa shape index (κ2) is 4.66. The molecule has 0 radical (unpaired) electrons. The lowest BCUT2D eigenvalue weighted by Crippen LogP contribution is -2.34. The number of allylic oxidation sites excluding steroid dienone is 1. The van der Waals surface area contributed by atoms with Crippen LogP contribution in [-0.2, 0) is 0 Å². The minimum absolute atomic E-state index is 0.661. The summed E-state index contributed by atoms with van der Waals surface area (Å²) in [5.74, 6) is 1.54. The van der Waals surface area contributed by atoms with Crippen LogP contribution in [0.15, 0.2) is 42.0 Å². The highest BCUT2D eigenvalue weighted by Gasteiger charge is 2.27. The molecular weight excluding hydrogens is 206 g/mol. The van der Waals surface area contributed by atoms with Gasteiger partial charge in [-0.05, 0) is 44.3 Å². The van der Waals surface area contributed by atoms with E-state index < -0.39 is 0 Å². The molecule has 17 heavy (non-hydrogen) atoms. The number of hydrogen-bond donors (Lipinski definition) is 0. The van der Waals surface area contributed by atoms with E-state index in [4.69, 9.17) is 0 Å². The summed E-state index contributed by atoms with van der Waals surface area (Å²) in [6.45, 7) is 2.46. The van der Waals surface area contributed by atoms with Crippen LogP contribution in [0.25, 0.3) is 0 Å². The summed E-state index contributed by atoms with van der Waals surface area (Å²) in [7, 11) is 2.24. The Morgan fingerprint density at radius 3 is 2.71 bits per heavy atom. The maximum atomic E-state index is 2.55. The molecule has 0 bridgehead atoms. The van der Waals surface area contributed by atoms with E-state index in [9.17, 15) is 0 Å². The highest BCUT2D eigenvalue weighted by molar-refractivity contribution is 5.29. The fraction of sp³-hybridized carbons (Fsp3) is 0.500. The first-order chi connectivity index (χ1) is 8.33. The third-order valence-corrected chi connectivity index (χ3v) is 4.31. The molecule has 1 heterocycles. The first-order valence-electron chi connectivity index (χ1n) is 6.77. The zero-order valence-electron chi connectivity index (χ0n) is 10.6. The quantitative estimate of drug-likeness (QED) is 0.664. The van der Waals surface area contributed by atoms with Crippen LogP contribution in [0.3, 0.4) is 0 Å². The summed E-state index contributed by atoms with van der Waals surface area (Å²) in [5.41, 5.74) is 3.19. The normalized spacial score (nSPS) is 29.6. The summed E-state index contributed by atoms with van der Waals surface area (Å²) in [5, 5.41) is 0. The third kappa shape index (κ3) is 2.30. The molecule has 0 spiro atoms. The molecule has 1 aromatic carbocycles. The molecule has 1 aliphatic carbocycles. The molecule has 1 aliphatic heterocycles. The van der Waals surface area contributed by atoms with Crippen LogP contribution in [0.1, 0.15) is 30.7 Å². The molecule has 0 N–H and O–H groups in total. The Labute approximate surface area is 104 Å². The summed E-state index contributed by atoms with van der Waals surface area (Å²) in [6, 6.07) is 11.0. The molecule has 90 valence electrons. The van der Waals surface area contributed by atoms with E-state index in [0.717, 1.165) is 5.92 Å². The first kappa shape index (κ1) is 11.0. The largest absolute Gasteiger partial charge is 0.302 e. The molecule has 2 aliphatic rings. The molecule has 1 saturated heterocycles. The lowest BCUT2D eigenvalue weighted by Gasteiger charge is -2.36. The fourth-order valence-corrected chi connectivity index (χ4v) is 3.29. The van der Waals surface area contributed by atoms with Gasteiger partial charge in [0.25, 0.3) is 0 Å². The topological polar surface area (TPSA) is 3.24 Å². The number of rotatable bonds is 1. The van der Waals surface area contributed by atoms with Gasteiger partial charge in [0.1, 0.15) is 0 Å². The minimum Gasteiger partial charge on any atom is -0.302 e. The Bertz CT molecular complexity index is 407. The maximum Gasteiger partial charge on any atom is 0.0192 e. The van der Waals surface area contributed by atoms with Gasteiger partial charge >= 0.3 is 0 Å². The Morgan fingerprint density at radius 1 is 1.06 bits per heavy atom. The van der Waals surface area contributed by atoms with Crippen LogP contribution in [0, 0.1) is 5.92 Å². The number of likely N-dealkylation sites (tertiary alicyclic amines) is 1.